The fourth-order valence-electron chi connectivity index (χ4n) is 1.45. The van der Waals surface area contributed by atoms with Gasteiger partial charge in [0.15, 0.2) is 0 Å². The van der Waals surface area contributed by atoms with E-state index >= 15 is 0 Å². The summed E-state index contributed by atoms with van der Waals surface area (Å²) in [5, 5.41) is 0. The molecular weight excluding hydrogens is 280 g/mol. The van der Waals surface area contributed by atoms with Crippen molar-refractivity contribution in [1.82, 2.24) is 19.8 Å². The molecule has 0 spiro atoms. The lowest BCUT2D eigenvalue weighted by Crippen LogP contribution is -2.30. The molecule has 1 aromatic carbocycles. The number of nitrogens with zero attached hydrogens (tertiary/aromatic N) is 3. The summed E-state index contributed by atoms with van der Waals surface area (Å²) in [4.78, 5) is 13.8. The second-order valence-corrected chi connectivity index (χ2v) is 5.79. The van der Waals surface area contributed by atoms with Gasteiger partial charge in [-0.2, -0.15) is 15.0 Å². The second-order valence-electron chi connectivity index (χ2n) is 4.11. The summed E-state index contributed by atoms with van der Waals surface area (Å²) in [6.07, 6.45) is 0. The lowest BCUT2D eigenvalue weighted by atomic mass is 10.2. The maximum atomic E-state index is 12.0. The topological polar surface area (TPSA) is 123 Å². The zero-order valence-corrected chi connectivity index (χ0v) is 11.8. The number of nitrogens with one attached hydrogen (secondary N) is 2. The van der Waals surface area contributed by atoms with Crippen LogP contribution in [0.25, 0.3) is 0 Å². The molecule has 1 aromatic heterocycles. The molecule has 4 N–H and O–H groups in total. The van der Waals surface area contributed by atoms with Crippen LogP contribution in [0.15, 0.2) is 29.2 Å². The van der Waals surface area contributed by atoms with Gasteiger partial charge in [0.05, 0.1) is 4.90 Å². The van der Waals surface area contributed by atoms with Crippen LogP contribution in [0.4, 0.5) is 11.9 Å². The van der Waals surface area contributed by atoms with Crippen LogP contribution in [-0.4, -0.2) is 23.4 Å². The Kier molecular flexibility index (Phi) is 3.81. The van der Waals surface area contributed by atoms with Crippen LogP contribution in [0.2, 0.25) is 0 Å². The van der Waals surface area contributed by atoms with E-state index in [2.05, 4.69) is 25.2 Å². The molecule has 2 aromatic rings. The number of nitrogens with two attached hydrogens (primary N) is 1. The number of rotatable bonds is 4. The third-order valence-corrected chi connectivity index (χ3v) is 3.66. The number of benzene rings is 1. The largest absolute Gasteiger partial charge is 0.368 e. The highest BCUT2D eigenvalue weighted by Crippen LogP contribution is 2.10. The standard InChI is InChI=1S/C11H14N6O2S/c1-7-3-5-9(6-4-7)20(18,19)17-16-11-14-8(2)13-10(12)15-11/h3-6,17H,1-2H3,(H3,12,13,14,15,16). The van der Waals surface area contributed by atoms with Crippen molar-refractivity contribution in [3.63, 3.8) is 0 Å². The average molecular weight is 294 g/mol. The molecule has 0 bridgehead atoms. The Bertz CT molecular complexity index is 694. The van der Waals surface area contributed by atoms with Gasteiger partial charge in [-0.15, -0.1) is 4.83 Å². The van der Waals surface area contributed by atoms with Crippen molar-refractivity contribution in [2.45, 2.75) is 18.7 Å². The first kappa shape index (κ1) is 14.2. The van der Waals surface area contributed by atoms with Crippen LogP contribution < -0.4 is 16.0 Å². The van der Waals surface area contributed by atoms with Crippen LogP contribution in [0.5, 0.6) is 0 Å². The molecule has 0 aliphatic heterocycles. The first-order chi connectivity index (χ1) is 9.37. The lowest BCUT2D eigenvalue weighted by molar-refractivity contribution is 0.587. The molecule has 1 heterocycles. The van der Waals surface area contributed by atoms with Gasteiger partial charge < -0.3 is 5.73 Å². The van der Waals surface area contributed by atoms with Crippen LogP contribution in [-0.2, 0) is 10.0 Å². The quantitative estimate of drug-likeness (QED) is 0.696. The molecule has 8 nitrogen and oxygen atoms in total. The SMILES string of the molecule is Cc1ccc(S(=O)(=O)NNc2nc(C)nc(N)n2)cc1. The normalized spacial score (nSPS) is 11.3. The molecule has 0 saturated heterocycles. The number of hydrogen-bond donors (Lipinski definition) is 3. The number of hydrogen-bond acceptors (Lipinski definition) is 7. The minimum absolute atomic E-state index is 0.00883. The summed E-state index contributed by atoms with van der Waals surface area (Å²) < 4.78 is 24.0. The van der Waals surface area contributed by atoms with E-state index in [-0.39, 0.29) is 16.8 Å². The van der Waals surface area contributed by atoms with Crippen LogP contribution in [0.3, 0.4) is 0 Å². The smallest absolute Gasteiger partial charge is 0.257 e. The van der Waals surface area contributed by atoms with Crippen molar-refractivity contribution in [1.29, 1.82) is 0 Å². The highest BCUT2D eigenvalue weighted by atomic mass is 32.2. The molecule has 20 heavy (non-hydrogen) atoms. The molecule has 0 atom stereocenters. The summed E-state index contributed by atoms with van der Waals surface area (Å²) in [7, 11) is -3.70. The van der Waals surface area contributed by atoms with E-state index in [0.29, 0.717) is 5.82 Å². The van der Waals surface area contributed by atoms with E-state index < -0.39 is 10.0 Å². The number of aromatic nitrogens is 3. The molecule has 0 aliphatic rings. The van der Waals surface area contributed by atoms with Crippen molar-refractivity contribution in [2.24, 2.45) is 0 Å². The van der Waals surface area contributed by atoms with Crippen molar-refractivity contribution < 1.29 is 8.42 Å². The molecular formula is C11H14N6O2S. The fourth-order valence-corrected chi connectivity index (χ4v) is 2.29. The third-order valence-electron chi connectivity index (χ3n) is 2.39. The van der Waals surface area contributed by atoms with E-state index in [4.69, 9.17) is 5.73 Å². The molecule has 0 fully saturated rings. The number of anilines is 2. The van der Waals surface area contributed by atoms with Gasteiger partial charge in [-0.3, -0.25) is 5.43 Å². The predicted molar refractivity (Wildman–Crippen MR) is 74.1 cm³/mol. The van der Waals surface area contributed by atoms with Crippen molar-refractivity contribution in [2.75, 3.05) is 11.2 Å². The van der Waals surface area contributed by atoms with Crippen LogP contribution >= 0.6 is 0 Å². The van der Waals surface area contributed by atoms with Crippen molar-refractivity contribution in [3.8, 4) is 0 Å². The van der Waals surface area contributed by atoms with Crippen molar-refractivity contribution in [3.05, 3.63) is 35.7 Å². The van der Waals surface area contributed by atoms with Gasteiger partial charge in [0, 0.05) is 0 Å². The Labute approximate surface area is 116 Å². The van der Waals surface area contributed by atoms with Crippen LogP contribution in [0, 0.1) is 13.8 Å². The number of hydrazine groups is 1. The third kappa shape index (κ3) is 3.39. The Balaban J connectivity index is 2.15. The predicted octanol–water partition coefficient (Wildman–Crippen LogP) is 0.376. The van der Waals surface area contributed by atoms with E-state index in [9.17, 15) is 8.42 Å². The van der Waals surface area contributed by atoms with E-state index in [1.165, 1.54) is 12.1 Å². The lowest BCUT2D eigenvalue weighted by Gasteiger charge is -2.08. The Hall–Kier alpha value is -2.26. The first-order valence-electron chi connectivity index (χ1n) is 5.69. The van der Waals surface area contributed by atoms with Gasteiger partial charge in [-0.05, 0) is 26.0 Å². The van der Waals surface area contributed by atoms with Crippen LogP contribution in [0.1, 0.15) is 11.4 Å². The first-order valence-corrected chi connectivity index (χ1v) is 7.18. The minimum Gasteiger partial charge on any atom is -0.368 e. The molecule has 2 rings (SSSR count). The maximum Gasteiger partial charge on any atom is 0.257 e. The summed E-state index contributed by atoms with van der Waals surface area (Å²) in [5.41, 5.74) is 8.82. The average Bonchev–Trinajstić information content (AvgIpc) is 2.36. The monoisotopic (exact) mass is 294 g/mol. The summed E-state index contributed by atoms with van der Waals surface area (Å²) >= 11 is 0. The fraction of sp³-hybridized carbons (Fsp3) is 0.182. The number of aryl methyl sites for hydroxylation is 2. The maximum absolute atomic E-state index is 12.0. The number of nitrogen functional groups attached to an aromatic ring is 1. The highest BCUT2D eigenvalue weighted by Gasteiger charge is 2.14. The minimum atomic E-state index is -3.70. The van der Waals surface area contributed by atoms with Gasteiger partial charge in [0.1, 0.15) is 5.82 Å². The second kappa shape index (κ2) is 5.39. The van der Waals surface area contributed by atoms with E-state index in [0.717, 1.165) is 5.56 Å². The van der Waals surface area contributed by atoms with E-state index in [1.54, 1.807) is 19.1 Å². The van der Waals surface area contributed by atoms with Gasteiger partial charge in [-0.25, -0.2) is 8.42 Å². The molecule has 0 radical (unpaired) electrons. The summed E-state index contributed by atoms with van der Waals surface area (Å²) in [6.45, 7) is 3.50. The van der Waals surface area contributed by atoms with Gasteiger partial charge in [0.25, 0.3) is 10.0 Å². The number of sulfonamides is 1. The Morgan fingerprint density at radius 1 is 1.05 bits per heavy atom. The zero-order chi connectivity index (χ0) is 14.8. The molecule has 0 amide bonds. The highest BCUT2D eigenvalue weighted by molar-refractivity contribution is 7.89. The van der Waals surface area contributed by atoms with Gasteiger partial charge in [0.2, 0.25) is 11.9 Å². The Morgan fingerprint density at radius 2 is 1.70 bits per heavy atom. The molecule has 9 heteroatoms. The van der Waals surface area contributed by atoms with E-state index in [1.807, 2.05) is 6.92 Å². The summed E-state index contributed by atoms with van der Waals surface area (Å²) in [5.74, 6) is 0.426. The van der Waals surface area contributed by atoms with Crippen molar-refractivity contribution >= 4 is 21.9 Å². The Morgan fingerprint density at radius 3 is 2.30 bits per heavy atom. The molecule has 106 valence electrons. The zero-order valence-electron chi connectivity index (χ0n) is 11.0. The molecule has 0 aliphatic carbocycles. The van der Waals surface area contributed by atoms with Gasteiger partial charge in [-0.1, -0.05) is 17.7 Å². The summed E-state index contributed by atoms with van der Waals surface area (Å²) in [6, 6.07) is 6.43. The molecule has 0 saturated carbocycles. The van der Waals surface area contributed by atoms with Gasteiger partial charge >= 0.3 is 0 Å². The molecule has 0 unspecified atom stereocenters.